The zero-order valence-corrected chi connectivity index (χ0v) is 19.7. The number of hydrogen-bond donors (Lipinski definition) is 1. The van der Waals surface area contributed by atoms with Crippen molar-refractivity contribution in [2.24, 2.45) is 11.8 Å². The first-order chi connectivity index (χ1) is 15.8. The van der Waals surface area contributed by atoms with Gasteiger partial charge in [-0.3, -0.25) is 14.9 Å². The third kappa shape index (κ3) is 4.53. The Kier molecular flexibility index (Phi) is 6.82. The normalized spacial score (nSPS) is 22.7. The molecule has 1 amide bonds. The Morgan fingerprint density at radius 1 is 1.39 bits per heavy atom. The number of β-lactam (4-membered cyclic amide) rings is 1. The molecule has 1 N–H and O–H groups in total. The maximum atomic E-state index is 13.1. The molecule has 3 heterocycles. The summed E-state index contributed by atoms with van der Waals surface area (Å²) >= 11 is 3.08. The van der Waals surface area contributed by atoms with Gasteiger partial charge in [0.15, 0.2) is 0 Å². The number of amides is 1. The molecule has 11 heteroatoms. The van der Waals surface area contributed by atoms with Gasteiger partial charge in [0.1, 0.15) is 12.3 Å². The fraction of sp³-hybridized carbons (Fsp3) is 0.409. The van der Waals surface area contributed by atoms with E-state index in [-0.39, 0.29) is 35.9 Å². The molecule has 33 heavy (non-hydrogen) atoms. The van der Waals surface area contributed by atoms with E-state index in [4.69, 9.17) is 4.74 Å². The van der Waals surface area contributed by atoms with Crippen molar-refractivity contribution in [3.8, 4) is 0 Å². The van der Waals surface area contributed by atoms with Crippen LogP contribution in [0, 0.1) is 22.0 Å². The van der Waals surface area contributed by atoms with Gasteiger partial charge >= 0.3 is 5.97 Å². The standard InChI is InChI=1S/C22H23N3O6S2/c1-12-18-17(13(2)26)21(27)24(18)19(20(12)33-9-7-16-23-8-10-32-16)22(28)31-11-14-3-5-15(6-4-14)25(29)30/h3-6,8,10,12-13,17-18,26H,7,9,11H2,1-2H3/t12-,13-,17-,18-/m1/s1. The molecule has 174 valence electrons. The van der Waals surface area contributed by atoms with E-state index in [1.54, 1.807) is 24.5 Å². The first-order valence-electron chi connectivity index (χ1n) is 10.5. The van der Waals surface area contributed by atoms with Gasteiger partial charge in [0.2, 0.25) is 5.91 Å². The Balaban J connectivity index is 1.51. The van der Waals surface area contributed by atoms with Crippen LogP contribution >= 0.6 is 23.1 Å². The number of aryl methyl sites for hydroxylation is 1. The number of benzene rings is 1. The SMILES string of the molecule is C[C@@H](O)[C@H]1C(=O)N2C(C(=O)OCc3ccc([N+](=O)[O-])cc3)=C(SCCc3nccs3)[C@H](C)[C@H]12. The van der Waals surface area contributed by atoms with Crippen molar-refractivity contribution in [3.63, 3.8) is 0 Å². The predicted molar refractivity (Wildman–Crippen MR) is 123 cm³/mol. The molecule has 0 bridgehead atoms. The number of thioether (sulfide) groups is 1. The summed E-state index contributed by atoms with van der Waals surface area (Å²) in [5.41, 5.74) is 0.793. The molecule has 0 saturated carbocycles. The van der Waals surface area contributed by atoms with Crippen LogP contribution in [0.5, 0.6) is 0 Å². The van der Waals surface area contributed by atoms with E-state index >= 15 is 0 Å². The van der Waals surface area contributed by atoms with Crippen LogP contribution in [0.2, 0.25) is 0 Å². The van der Waals surface area contributed by atoms with Gasteiger partial charge in [-0.25, -0.2) is 9.78 Å². The van der Waals surface area contributed by atoms with Crippen molar-refractivity contribution >= 4 is 40.7 Å². The molecule has 0 unspecified atom stereocenters. The lowest BCUT2D eigenvalue weighted by Crippen LogP contribution is -2.63. The van der Waals surface area contributed by atoms with Crippen LogP contribution in [0.25, 0.3) is 0 Å². The molecule has 2 aliphatic heterocycles. The van der Waals surface area contributed by atoms with Gasteiger partial charge in [-0.2, -0.15) is 0 Å². The van der Waals surface area contributed by atoms with Gasteiger partial charge in [0, 0.05) is 46.7 Å². The molecule has 4 rings (SSSR count). The Morgan fingerprint density at radius 2 is 2.12 bits per heavy atom. The number of carbonyl (C=O) groups is 2. The van der Waals surface area contributed by atoms with E-state index in [2.05, 4.69) is 4.98 Å². The molecule has 2 aliphatic rings. The largest absolute Gasteiger partial charge is 0.456 e. The van der Waals surface area contributed by atoms with E-state index in [1.165, 1.54) is 40.9 Å². The van der Waals surface area contributed by atoms with Gasteiger partial charge in [0.05, 0.1) is 28.0 Å². The first kappa shape index (κ1) is 23.4. The highest BCUT2D eigenvalue weighted by molar-refractivity contribution is 8.03. The molecule has 2 aromatic rings. The second kappa shape index (κ2) is 9.62. The quantitative estimate of drug-likeness (QED) is 0.247. The van der Waals surface area contributed by atoms with E-state index in [0.717, 1.165) is 16.3 Å². The van der Waals surface area contributed by atoms with Gasteiger partial charge < -0.3 is 14.7 Å². The molecule has 1 saturated heterocycles. The van der Waals surface area contributed by atoms with Crippen molar-refractivity contribution in [2.45, 2.75) is 39.0 Å². The highest BCUT2D eigenvalue weighted by Crippen LogP contribution is 2.50. The number of hydrogen-bond acceptors (Lipinski definition) is 9. The highest BCUT2D eigenvalue weighted by Gasteiger charge is 2.60. The van der Waals surface area contributed by atoms with Gasteiger partial charge in [-0.05, 0) is 24.6 Å². The number of nitrogens with zero attached hydrogens (tertiary/aromatic N) is 3. The molecular formula is C22H23N3O6S2. The number of fused-ring (bicyclic) bond motifs is 1. The number of aliphatic hydroxyl groups is 1. The monoisotopic (exact) mass is 489 g/mol. The predicted octanol–water partition coefficient (Wildman–Crippen LogP) is 3.14. The summed E-state index contributed by atoms with van der Waals surface area (Å²) in [5.74, 6) is -0.850. The van der Waals surface area contributed by atoms with Crippen molar-refractivity contribution in [1.82, 2.24) is 9.88 Å². The van der Waals surface area contributed by atoms with E-state index < -0.39 is 22.9 Å². The molecule has 1 fully saturated rings. The Bertz CT molecular complexity index is 1080. The minimum absolute atomic E-state index is 0.0468. The zero-order valence-electron chi connectivity index (χ0n) is 18.0. The van der Waals surface area contributed by atoms with E-state index in [9.17, 15) is 24.8 Å². The Labute approximate surface area is 198 Å². The third-order valence-corrected chi connectivity index (χ3v) is 8.00. The Morgan fingerprint density at radius 3 is 2.73 bits per heavy atom. The van der Waals surface area contributed by atoms with Crippen LogP contribution in [0.4, 0.5) is 5.69 Å². The average Bonchev–Trinajstić information content (AvgIpc) is 3.37. The van der Waals surface area contributed by atoms with Gasteiger partial charge in [-0.1, -0.05) is 6.92 Å². The average molecular weight is 490 g/mol. The molecule has 1 aromatic heterocycles. The summed E-state index contributed by atoms with van der Waals surface area (Å²) in [6, 6.07) is 5.48. The van der Waals surface area contributed by atoms with Crippen LogP contribution in [-0.4, -0.2) is 49.7 Å². The number of rotatable bonds is 9. The fourth-order valence-electron chi connectivity index (χ4n) is 4.26. The second-order valence-corrected chi connectivity index (χ2v) is 10.1. The van der Waals surface area contributed by atoms with Crippen LogP contribution < -0.4 is 0 Å². The number of nitro groups is 1. The number of aliphatic hydroxyl groups excluding tert-OH is 1. The molecule has 0 radical (unpaired) electrons. The number of non-ortho nitro benzene ring substituents is 1. The maximum Gasteiger partial charge on any atom is 0.356 e. The first-order valence-corrected chi connectivity index (χ1v) is 12.3. The topological polar surface area (TPSA) is 123 Å². The molecule has 0 aliphatic carbocycles. The number of thiazole rings is 1. The highest BCUT2D eigenvalue weighted by atomic mass is 32.2. The summed E-state index contributed by atoms with van der Waals surface area (Å²) in [5, 5.41) is 23.8. The molecule has 4 atom stereocenters. The number of esters is 1. The number of ether oxygens (including phenoxy) is 1. The van der Waals surface area contributed by atoms with Crippen molar-refractivity contribution in [1.29, 1.82) is 0 Å². The maximum absolute atomic E-state index is 13.1. The van der Waals surface area contributed by atoms with Crippen molar-refractivity contribution < 1.29 is 24.4 Å². The van der Waals surface area contributed by atoms with Crippen LogP contribution in [0.1, 0.15) is 24.4 Å². The zero-order chi connectivity index (χ0) is 23.7. The minimum Gasteiger partial charge on any atom is -0.456 e. The van der Waals surface area contributed by atoms with E-state index in [0.29, 0.717) is 11.3 Å². The van der Waals surface area contributed by atoms with Gasteiger partial charge in [-0.15, -0.1) is 23.1 Å². The fourth-order valence-corrected chi connectivity index (χ4v) is 6.25. The summed E-state index contributed by atoms with van der Waals surface area (Å²) < 4.78 is 5.49. The summed E-state index contributed by atoms with van der Waals surface area (Å²) in [6.45, 7) is 3.48. The lowest BCUT2D eigenvalue weighted by atomic mass is 9.79. The van der Waals surface area contributed by atoms with Crippen molar-refractivity contribution in [2.75, 3.05) is 5.75 Å². The Hall–Kier alpha value is -2.76. The lowest BCUT2D eigenvalue weighted by Gasteiger charge is -2.46. The summed E-state index contributed by atoms with van der Waals surface area (Å²) in [7, 11) is 0. The van der Waals surface area contributed by atoms with Crippen molar-refractivity contribution in [3.05, 3.63) is 67.1 Å². The van der Waals surface area contributed by atoms with Gasteiger partial charge in [0.25, 0.3) is 5.69 Å². The lowest BCUT2D eigenvalue weighted by molar-refractivity contribution is -0.384. The van der Waals surface area contributed by atoms with Crippen LogP contribution in [0.3, 0.4) is 0 Å². The molecular weight excluding hydrogens is 466 g/mol. The number of nitro benzene ring substituents is 1. The summed E-state index contributed by atoms with van der Waals surface area (Å²) in [6.07, 6.45) is 1.68. The van der Waals surface area contributed by atoms with Crippen LogP contribution in [0.15, 0.2) is 46.4 Å². The minimum atomic E-state index is -0.807. The van der Waals surface area contributed by atoms with Crippen LogP contribution in [-0.2, 0) is 27.4 Å². The molecule has 1 aromatic carbocycles. The third-order valence-electron chi connectivity index (χ3n) is 5.88. The second-order valence-electron chi connectivity index (χ2n) is 7.99. The summed E-state index contributed by atoms with van der Waals surface area (Å²) in [4.78, 5) is 42.7. The molecule has 0 spiro atoms. The van der Waals surface area contributed by atoms with E-state index in [1.807, 2.05) is 12.3 Å². The number of aromatic nitrogens is 1. The smallest absolute Gasteiger partial charge is 0.356 e. The number of carbonyl (C=O) groups excluding carboxylic acids is 2. The molecule has 9 nitrogen and oxygen atoms in total.